The van der Waals surface area contributed by atoms with Crippen molar-refractivity contribution in [2.24, 2.45) is 5.92 Å². The number of anilines is 1. The van der Waals surface area contributed by atoms with Crippen molar-refractivity contribution >= 4 is 43.3 Å². The lowest BCUT2D eigenvalue weighted by Gasteiger charge is -2.30. The highest BCUT2D eigenvalue weighted by molar-refractivity contribution is 9.10. The van der Waals surface area contributed by atoms with Gasteiger partial charge in [-0.1, -0.05) is 29.8 Å². The van der Waals surface area contributed by atoms with E-state index >= 15 is 0 Å². The lowest BCUT2D eigenvalue weighted by Crippen LogP contribution is -2.42. The molecule has 0 saturated heterocycles. The molecule has 9 heteroatoms. The Hall–Kier alpha value is -2.39. The van der Waals surface area contributed by atoms with E-state index in [0.717, 1.165) is 16.5 Å². The average Bonchev–Trinajstić information content (AvgIpc) is 2.71. The van der Waals surface area contributed by atoms with Crippen LogP contribution < -0.4 is 15.0 Å². The molecular weight excluding hydrogens is 484 g/mol. The molecule has 1 aliphatic rings. The zero-order valence-corrected chi connectivity index (χ0v) is 20.0. The molecule has 0 fully saturated rings. The third kappa shape index (κ3) is 5.27. The zero-order chi connectivity index (χ0) is 22.8. The fraction of sp³-hybridized carbons (Fsp3) is 0.364. The molecular formula is C22H25BrN2O5S. The lowest BCUT2D eigenvalue weighted by atomic mass is 10.1. The minimum absolute atomic E-state index is 0.0172. The van der Waals surface area contributed by atoms with E-state index in [-0.39, 0.29) is 17.0 Å². The molecule has 0 aliphatic carbocycles. The van der Waals surface area contributed by atoms with Crippen LogP contribution in [0.2, 0.25) is 0 Å². The van der Waals surface area contributed by atoms with E-state index in [1.807, 2.05) is 26.0 Å². The quantitative estimate of drug-likeness (QED) is 0.617. The molecule has 0 aromatic heterocycles. The first kappa shape index (κ1) is 23.3. The van der Waals surface area contributed by atoms with Crippen molar-refractivity contribution in [1.29, 1.82) is 0 Å². The number of carbonyl (C=O) groups excluding carboxylic acids is 2. The van der Waals surface area contributed by atoms with Crippen LogP contribution in [0.4, 0.5) is 5.69 Å². The first-order valence-electron chi connectivity index (χ1n) is 9.90. The Kier molecular flexibility index (Phi) is 7.06. The van der Waals surface area contributed by atoms with Gasteiger partial charge in [-0.25, -0.2) is 8.42 Å². The summed E-state index contributed by atoms with van der Waals surface area (Å²) in [7, 11) is -2.25. The van der Waals surface area contributed by atoms with E-state index in [1.54, 1.807) is 25.3 Å². The molecule has 3 rings (SSSR count). The summed E-state index contributed by atoms with van der Waals surface area (Å²) in [6.07, 6.45) is 0.752. The van der Waals surface area contributed by atoms with Gasteiger partial charge in [0.05, 0.1) is 17.7 Å². The van der Waals surface area contributed by atoms with Crippen molar-refractivity contribution in [2.75, 3.05) is 24.3 Å². The smallest absolute Gasteiger partial charge is 0.251 e. The maximum atomic E-state index is 12.7. The predicted octanol–water partition coefficient (Wildman–Crippen LogP) is 3.55. The van der Waals surface area contributed by atoms with Crippen LogP contribution in [0.3, 0.4) is 0 Å². The van der Waals surface area contributed by atoms with Crippen molar-refractivity contribution in [2.45, 2.75) is 31.7 Å². The predicted molar refractivity (Wildman–Crippen MR) is 122 cm³/mol. The summed E-state index contributed by atoms with van der Waals surface area (Å²) in [5.41, 5.74) is 1.33. The second-order valence-electron chi connectivity index (χ2n) is 7.81. The number of amides is 2. The number of nitrogens with zero attached hydrogens (tertiary/aromatic N) is 1. The molecule has 1 N–H and O–H groups in total. The van der Waals surface area contributed by atoms with Crippen molar-refractivity contribution in [3.8, 4) is 5.75 Å². The Morgan fingerprint density at radius 3 is 2.65 bits per heavy atom. The molecule has 0 bridgehead atoms. The topological polar surface area (TPSA) is 92.8 Å². The van der Waals surface area contributed by atoms with Crippen LogP contribution in [0.5, 0.6) is 5.75 Å². The Morgan fingerprint density at radius 1 is 1.23 bits per heavy atom. The summed E-state index contributed by atoms with van der Waals surface area (Å²) >= 11 is 3.40. The fourth-order valence-corrected chi connectivity index (χ4v) is 5.22. The molecule has 166 valence electrons. The number of fused-ring (bicyclic) bond motifs is 1. The summed E-state index contributed by atoms with van der Waals surface area (Å²) in [5, 5.41) is 2.80. The largest absolute Gasteiger partial charge is 0.496 e. The number of hydrogen-bond donors (Lipinski definition) is 1. The van der Waals surface area contributed by atoms with Crippen LogP contribution in [-0.2, 0) is 21.2 Å². The number of halogens is 1. The second-order valence-corrected chi connectivity index (χ2v) is 10.7. The standard InChI is InChI=1S/C22H25BrN2O5S/c1-14(2)8-9-25-18-6-4-15(11-20(18)31(28,29)13-21(25)26)22(27)24-12-16-10-17(23)5-7-19(16)30-3/h4-7,10-11,14H,8-9,12-13H2,1-3H3,(H,24,27). The van der Waals surface area contributed by atoms with Crippen LogP contribution in [0, 0.1) is 5.92 Å². The molecule has 0 spiro atoms. The van der Waals surface area contributed by atoms with Gasteiger partial charge in [0.1, 0.15) is 11.5 Å². The second kappa shape index (κ2) is 9.40. The number of ether oxygens (including phenoxy) is 1. The van der Waals surface area contributed by atoms with E-state index in [1.165, 1.54) is 11.0 Å². The van der Waals surface area contributed by atoms with Crippen molar-refractivity contribution in [3.63, 3.8) is 0 Å². The minimum Gasteiger partial charge on any atom is -0.496 e. The Balaban J connectivity index is 1.85. The van der Waals surface area contributed by atoms with Gasteiger partial charge < -0.3 is 15.0 Å². The van der Waals surface area contributed by atoms with Gasteiger partial charge in [0.15, 0.2) is 9.84 Å². The summed E-state index contributed by atoms with van der Waals surface area (Å²) in [5.74, 6) is -0.429. The van der Waals surface area contributed by atoms with Crippen LogP contribution in [-0.4, -0.2) is 39.6 Å². The SMILES string of the molecule is COc1ccc(Br)cc1CNC(=O)c1ccc2c(c1)S(=O)(=O)CC(=O)N2CCC(C)C. The van der Waals surface area contributed by atoms with E-state index in [2.05, 4.69) is 21.2 Å². The highest BCUT2D eigenvalue weighted by Gasteiger charge is 2.35. The summed E-state index contributed by atoms with van der Waals surface area (Å²) < 4.78 is 31.4. The van der Waals surface area contributed by atoms with Crippen molar-refractivity contribution in [3.05, 3.63) is 52.0 Å². The van der Waals surface area contributed by atoms with Crippen LogP contribution in [0.15, 0.2) is 45.8 Å². The molecule has 7 nitrogen and oxygen atoms in total. The van der Waals surface area contributed by atoms with E-state index in [0.29, 0.717) is 23.9 Å². The van der Waals surface area contributed by atoms with Gasteiger partial charge in [-0.15, -0.1) is 0 Å². The molecule has 1 aliphatic heterocycles. The summed E-state index contributed by atoms with van der Waals surface area (Å²) in [6.45, 7) is 4.73. The van der Waals surface area contributed by atoms with Crippen LogP contribution >= 0.6 is 15.9 Å². The van der Waals surface area contributed by atoms with E-state index in [9.17, 15) is 18.0 Å². The number of rotatable bonds is 7. The molecule has 2 amide bonds. The first-order valence-corrected chi connectivity index (χ1v) is 12.3. The third-order valence-corrected chi connectivity index (χ3v) is 7.19. The first-order chi connectivity index (χ1) is 14.6. The summed E-state index contributed by atoms with van der Waals surface area (Å²) in [4.78, 5) is 26.6. The molecule has 2 aromatic carbocycles. The number of benzene rings is 2. The molecule has 2 aromatic rings. The zero-order valence-electron chi connectivity index (χ0n) is 17.6. The number of carbonyl (C=O) groups is 2. The number of sulfone groups is 1. The minimum atomic E-state index is -3.80. The maximum Gasteiger partial charge on any atom is 0.251 e. The van der Waals surface area contributed by atoms with E-state index < -0.39 is 27.4 Å². The molecule has 0 unspecified atom stereocenters. The van der Waals surface area contributed by atoms with Crippen LogP contribution in [0.1, 0.15) is 36.2 Å². The molecule has 31 heavy (non-hydrogen) atoms. The number of nitrogens with one attached hydrogen (secondary N) is 1. The monoisotopic (exact) mass is 508 g/mol. The van der Waals surface area contributed by atoms with Gasteiger partial charge in [0.2, 0.25) is 5.91 Å². The third-order valence-electron chi connectivity index (χ3n) is 5.07. The maximum absolute atomic E-state index is 12.7. The summed E-state index contributed by atoms with van der Waals surface area (Å²) in [6, 6.07) is 9.91. The normalized spacial score (nSPS) is 15.0. The van der Waals surface area contributed by atoms with Gasteiger partial charge in [-0.05, 0) is 48.7 Å². The van der Waals surface area contributed by atoms with Gasteiger partial charge in [0, 0.05) is 28.7 Å². The molecule has 0 saturated carbocycles. The van der Waals surface area contributed by atoms with Crippen molar-refractivity contribution < 1.29 is 22.7 Å². The average molecular weight is 509 g/mol. The molecule has 1 heterocycles. The Bertz CT molecular complexity index is 1110. The van der Waals surface area contributed by atoms with Gasteiger partial charge in [-0.2, -0.15) is 0 Å². The van der Waals surface area contributed by atoms with Gasteiger partial charge in [0.25, 0.3) is 5.91 Å². The molecule has 0 radical (unpaired) electrons. The number of methoxy groups -OCH3 is 1. The fourth-order valence-electron chi connectivity index (χ4n) is 3.38. The van der Waals surface area contributed by atoms with Crippen molar-refractivity contribution in [1.82, 2.24) is 5.32 Å². The van der Waals surface area contributed by atoms with Gasteiger partial charge in [-0.3, -0.25) is 9.59 Å². The Labute approximate surface area is 190 Å². The molecule has 0 atom stereocenters. The highest BCUT2D eigenvalue weighted by atomic mass is 79.9. The van der Waals surface area contributed by atoms with E-state index in [4.69, 9.17) is 4.74 Å². The van der Waals surface area contributed by atoms with Crippen LogP contribution in [0.25, 0.3) is 0 Å². The lowest BCUT2D eigenvalue weighted by molar-refractivity contribution is -0.116. The number of hydrogen-bond acceptors (Lipinski definition) is 5. The van der Waals surface area contributed by atoms with Gasteiger partial charge >= 0.3 is 0 Å². The Morgan fingerprint density at radius 2 is 1.97 bits per heavy atom. The highest BCUT2D eigenvalue weighted by Crippen LogP contribution is 2.32.